The highest BCUT2D eigenvalue weighted by Crippen LogP contribution is 2.25. The summed E-state index contributed by atoms with van der Waals surface area (Å²) in [7, 11) is 0. The van der Waals surface area contributed by atoms with Gasteiger partial charge in [0.1, 0.15) is 0 Å². The quantitative estimate of drug-likeness (QED) is 0.817. The fourth-order valence-corrected chi connectivity index (χ4v) is 2.79. The Balaban J connectivity index is 2.31. The minimum atomic E-state index is 0.000000000000000222. The molecular weight excluding hydrogens is 266 g/mol. The molecule has 0 unspecified atom stereocenters. The maximum atomic E-state index is 12.4. The van der Waals surface area contributed by atoms with Gasteiger partial charge in [-0.2, -0.15) is 0 Å². The van der Waals surface area contributed by atoms with E-state index in [9.17, 15) is 4.79 Å². The topological polar surface area (TPSA) is 20.3 Å². The van der Waals surface area contributed by atoms with Crippen LogP contribution in [-0.4, -0.2) is 12.5 Å². The molecule has 0 spiro atoms. The Bertz CT molecular complexity index is 564. The maximum Gasteiger partial charge on any atom is 0.268 e. The number of aryl methyl sites for hydroxylation is 1. The van der Waals surface area contributed by atoms with Gasteiger partial charge in [0, 0.05) is 12.2 Å². The third-order valence-corrected chi connectivity index (χ3v) is 3.88. The van der Waals surface area contributed by atoms with Gasteiger partial charge in [0.05, 0.1) is 9.21 Å². The lowest BCUT2D eigenvalue weighted by Crippen LogP contribution is -2.29. The normalized spacial score (nSPS) is 10.4. The SMILES string of the molecule is CCN(C(=O)c1ccc(Cl)s1)c1cccc(C)c1. The zero-order chi connectivity index (χ0) is 13.1. The van der Waals surface area contributed by atoms with Crippen LogP contribution in [0.25, 0.3) is 0 Å². The highest BCUT2D eigenvalue weighted by molar-refractivity contribution is 7.18. The van der Waals surface area contributed by atoms with Gasteiger partial charge in [-0.25, -0.2) is 0 Å². The highest BCUT2D eigenvalue weighted by atomic mass is 35.5. The number of halogens is 1. The lowest BCUT2D eigenvalue weighted by atomic mass is 10.2. The molecule has 0 N–H and O–H groups in total. The van der Waals surface area contributed by atoms with Crippen LogP contribution < -0.4 is 4.90 Å². The second-order valence-electron chi connectivity index (χ2n) is 3.99. The van der Waals surface area contributed by atoms with E-state index in [0.717, 1.165) is 11.3 Å². The predicted octanol–water partition coefficient (Wildman–Crippen LogP) is 4.38. The summed E-state index contributed by atoms with van der Waals surface area (Å²) in [6.07, 6.45) is 0. The summed E-state index contributed by atoms with van der Waals surface area (Å²) in [5.41, 5.74) is 2.06. The molecule has 0 saturated carbocycles. The summed E-state index contributed by atoms with van der Waals surface area (Å²) in [5.74, 6) is 0.000000000000000222. The van der Waals surface area contributed by atoms with Crippen molar-refractivity contribution in [3.05, 3.63) is 51.2 Å². The van der Waals surface area contributed by atoms with Gasteiger partial charge in [0.15, 0.2) is 0 Å². The third-order valence-electron chi connectivity index (χ3n) is 2.66. The fourth-order valence-electron chi connectivity index (χ4n) is 1.80. The monoisotopic (exact) mass is 279 g/mol. The average molecular weight is 280 g/mol. The lowest BCUT2D eigenvalue weighted by molar-refractivity contribution is 0.0992. The minimum Gasteiger partial charge on any atom is -0.308 e. The maximum absolute atomic E-state index is 12.4. The smallest absolute Gasteiger partial charge is 0.268 e. The molecule has 0 aliphatic rings. The summed E-state index contributed by atoms with van der Waals surface area (Å²) in [5, 5.41) is 0. The number of amides is 1. The minimum absolute atomic E-state index is 0.000000000000000222. The van der Waals surface area contributed by atoms with Gasteiger partial charge in [0.2, 0.25) is 0 Å². The van der Waals surface area contributed by atoms with Crippen molar-refractivity contribution in [2.24, 2.45) is 0 Å². The summed E-state index contributed by atoms with van der Waals surface area (Å²) in [4.78, 5) is 14.8. The molecular formula is C14H14ClNOS. The van der Waals surface area contributed by atoms with Crippen molar-refractivity contribution in [3.63, 3.8) is 0 Å². The van der Waals surface area contributed by atoms with Crippen LogP contribution >= 0.6 is 22.9 Å². The third kappa shape index (κ3) is 2.74. The van der Waals surface area contributed by atoms with E-state index < -0.39 is 0 Å². The number of carbonyl (C=O) groups is 1. The van der Waals surface area contributed by atoms with Gasteiger partial charge in [-0.05, 0) is 43.7 Å². The molecule has 94 valence electrons. The van der Waals surface area contributed by atoms with Crippen LogP contribution in [0.1, 0.15) is 22.2 Å². The first-order chi connectivity index (χ1) is 8.61. The Labute approximate surface area is 116 Å². The summed E-state index contributed by atoms with van der Waals surface area (Å²) < 4.78 is 0.638. The first-order valence-electron chi connectivity index (χ1n) is 5.75. The van der Waals surface area contributed by atoms with Crippen molar-refractivity contribution in [2.75, 3.05) is 11.4 Å². The first kappa shape index (κ1) is 13.1. The number of nitrogens with zero attached hydrogens (tertiary/aromatic N) is 1. The van der Waals surface area contributed by atoms with Crippen LogP contribution in [-0.2, 0) is 0 Å². The first-order valence-corrected chi connectivity index (χ1v) is 6.95. The molecule has 18 heavy (non-hydrogen) atoms. The predicted molar refractivity (Wildman–Crippen MR) is 77.9 cm³/mol. The van der Waals surface area contributed by atoms with Crippen molar-refractivity contribution in [1.82, 2.24) is 0 Å². The standard InChI is InChI=1S/C14H14ClNOS/c1-3-16(11-6-4-5-10(2)9-11)14(17)12-7-8-13(15)18-12/h4-9H,3H2,1-2H3. The van der Waals surface area contributed by atoms with Gasteiger partial charge in [-0.15, -0.1) is 11.3 Å². The summed E-state index contributed by atoms with van der Waals surface area (Å²) in [6, 6.07) is 11.5. The van der Waals surface area contributed by atoms with Crippen LogP contribution in [0.4, 0.5) is 5.69 Å². The van der Waals surface area contributed by atoms with Crippen LogP contribution in [0.3, 0.4) is 0 Å². The zero-order valence-electron chi connectivity index (χ0n) is 10.3. The number of thiophene rings is 1. The number of rotatable bonds is 3. The van der Waals surface area contributed by atoms with E-state index in [1.54, 1.807) is 17.0 Å². The van der Waals surface area contributed by atoms with Crippen molar-refractivity contribution in [1.29, 1.82) is 0 Å². The molecule has 1 aromatic heterocycles. The van der Waals surface area contributed by atoms with Crippen LogP contribution in [0.2, 0.25) is 4.34 Å². The van der Waals surface area contributed by atoms with E-state index in [1.165, 1.54) is 11.3 Å². The molecule has 4 heteroatoms. The van der Waals surface area contributed by atoms with Crippen molar-refractivity contribution in [2.45, 2.75) is 13.8 Å². The van der Waals surface area contributed by atoms with E-state index in [4.69, 9.17) is 11.6 Å². The van der Waals surface area contributed by atoms with E-state index >= 15 is 0 Å². The van der Waals surface area contributed by atoms with Gasteiger partial charge >= 0.3 is 0 Å². The molecule has 1 amide bonds. The van der Waals surface area contributed by atoms with E-state index in [0.29, 0.717) is 15.8 Å². The summed E-state index contributed by atoms with van der Waals surface area (Å²) >= 11 is 7.18. The molecule has 1 heterocycles. The molecule has 0 fully saturated rings. The Morgan fingerprint density at radius 3 is 2.67 bits per heavy atom. The molecule has 2 aromatic rings. The van der Waals surface area contributed by atoms with E-state index in [-0.39, 0.29) is 5.91 Å². The molecule has 0 bridgehead atoms. The second kappa shape index (κ2) is 5.55. The largest absolute Gasteiger partial charge is 0.308 e. The highest BCUT2D eigenvalue weighted by Gasteiger charge is 2.17. The van der Waals surface area contributed by atoms with Crippen LogP contribution in [0.5, 0.6) is 0 Å². The molecule has 0 aliphatic heterocycles. The Morgan fingerprint density at radius 2 is 2.11 bits per heavy atom. The van der Waals surface area contributed by atoms with Crippen LogP contribution in [0, 0.1) is 6.92 Å². The van der Waals surface area contributed by atoms with Gasteiger partial charge in [-0.1, -0.05) is 23.7 Å². The van der Waals surface area contributed by atoms with E-state index in [1.807, 2.05) is 38.1 Å². The van der Waals surface area contributed by atoms with Gasteiger partial charge in [0.25, 0.3) is 5.91 Å². The number of benzene rings is 1. The molecule has 2 rings (SSSR count). The number of carbonyl (C=O) groups excluding carboxylic acids is 1. The lowest BCUT2D eigenvalue weighted by Gasteiger charge is -2.20. The Morgan fingerprint density at radius 1 is 1.33 bits per heavy atom. The number of anilines is 1. The van der Waals surface area contributed by atoms with Crippen molar-refractivity contribution >= 4 is 34.5 Å². The Hall–Kier alpha value is -1.32. The molecule has 0 aliphatic carbocycles. The number of hydrogen-bond acceptors (Lipinski definition) is 2. The number of hydrogen-bond donors (Lipinski definition) is 0. The zero-order valence-corrected chi connectivity index (χ0v) is 11.9. The van der Waals surface area contributed by atoms with E-state index in [2.05, 4.69) is 0 Å². The van der Waals surface area contributed by atoms with Gasteiger partial charge in [-0.3, -0.25) is 4.79 Å². The van der Waals surface area contributed by atoms with Gasteiger partial charge < -0.3 is 4.90 Å². The molecule has 2 nitrogen and oxygen atoms in total. The summed E-state index contributed by atoms with van der Waals surface area (Å²) in [6.45, 7) is 4.62. The fraction of sp³-hybridized carbons (Fsp3) is 0.214. The molecule has 0 radical (unpaired) electrons. The van der Waals surface area contributed by atoms with Crippen molar-refractivity contribution < 1.29 is 4.79 Å². The second-order valence-corrected chi connectivity index (χ2v) is 5.71. The van der Waals surface area contributed by atoms with Crippen LogP contribution in [0.15, 0.2) is 36.4 Å². The molecule has 0 atom stereocenters. The molecule has 0 saturated heterocycles. The Kier molecular flexibility index (Phi) is 4.04. The molecule has 1 aromatic carbocycles. The average Bonchev–Trinajstić information content (AvgIpc) is 2.77. The van der Waals surface area contributed by atoms with Crippen molar-refractivity contribution in [3.8, 4) is 0 Å².